The number of ether oxygens (including phenoxy) is 1. The van der Waals surface area contributed by atoms with Crippen LogP contribution in [0.1, 0.15) is 0 Å². The lowest BCUT2D eigenvalue weighted by Crippen LogP contribution is -1.99. The topological polar surface area (TPSA) is 47.0 Å². The van der Waals surface area contributed by atoms with Crippen molar-refractivity contribution in [3.05, 3.63) is 38.9 Å². The molecule has 0 saturated carbocycles. The summed E-state index contributed by atoms with van der Waals surface area (Å²) < 4.78 is 5.75. The van der Waals surface area contributed by atoms with Crippen LogP contribution >= 0.6 is 39.1 Å². The summed E-state index contributed by atoms with van der Waals surface area (Å²) in [4.78, 5) is 8.27. The zero-order chi connectivity index (χ0) is 13.1. The first kappa shape index (κ1) is 13.4. The van der Waals surface area contributed by atoms with Gasteiger partial charge >= 0.3 is 0 Å². The zero-order valence-electron chi connectivity index (χ0n) is 9.25. The number of benzene rings is 1. The maximum Gasteiger partial charge on any atom is 0.232 e. The maximum atomic E-state index is 6.06. The Labute approximate surface area is 122 Å². The molecule has 2 aromatic rings. The number of hydrogen-bond donors (Lipinski definition) is 1. The monoisotopic (exact) mass is 347 g/mol. The summed E-state index contributed by atoms with van der Waals surface area (Å²) in [6, 6.07) is 5.27. The zero-order valence-corrected chi connectivity index (χ0v) is 12.3. The number of hydrogen-bond acceptors (Lipinski definition) is 4. The molecule has 0 fully saturated rings. The van der Waals surface area contributed by atoms with Crippen molar-refractivity contribution in [2.24, 2.45) is 0 Å². The number of methoxy groups -OCH3 is 1. The van der Waals surface area contributed by atoms with E-state index in [0.717, 1.165) is 0 Å². The highest BCUT2D eigenvalue weighted by atomic mass is 79.9. The fourth-order valence-corrected chi connectivity index (χ4v) is 1.98. The molecule has 1 heterocycles. The van der Waals surface area contributed by atoms with Gasteiger partial charge in [-0.05, 0) is 28.1 Å². The molecule has 2 rings (SSSR count). The van der Waals surface area contributed by atoms with Crippen molar-refractivity contribution in [3.63, 3.8) is 0 Å². The highest BCUT2D eigenvalue weighted by Gasteiger charge is 2.08. The van der Waals surface area contributed by atoms with Gasteiger partial charge in [0.2, 0.25) is 11.8 Å². The summed E-state index contributed by atoms with van der Waals surface area (Å²) in [6.45, 7) is 0. The highest BCUT2D eigenvalue weighted by Crippen LogP contribution is 2.31. The molecule has 0 bridgehead atoms. The van der Waals surface area contributed by atoms with Crippen LogP contribution in [0, 0.1) is 0 Å². The molecule has 0 aliphatic heterocycles. The van der Waals surface area contributed by atoms with E-state index in [9.17, 15) is 0 Å². The van der Waals surface area contributed by atoms with Gasteiger partial charge in [-0.2, -0.15) is 4.98 Å². The average molecular weight is 349 g/mol. The number of rotatable bonds is 3. The Hall–Kier alpha value is -1.04. The molecule has 1 aromatic carbocycles. The van der Waals surface area contributed by atoms with Crippen molar-refractivity contribution in [2.75, 3.05) is 12.4 Å². The Kier molecular flexibility index (Phi) is 4.27. The van der Waals surface area contributed by atoms with Crippen molar-refractivity contribution in [1.29, 1.82) is 0 Å². The van der Waals surface area contributed by atoms with Gasteiger partial charge in [0.25, 0.3) is 0 Å². The van der Waals surface area contributed by atoms with Gasteiger partial charge in [-0.1, -0.05) is 29.3 Å². The SMILES string of the molecule is COc1nc(Nc2cccc(Cl)c2Cl)ncc1Br. The van der Waals surface area contributed by atoms with E-state index in [1.165, 1.54) is 7.11 Å². The van der Waals surface area contributed by atoms with E-state index in [1.807, 2.05) is 0 Å². The molecule has 0 amide bonds. The predicted molar refractivity (Wildman–Crippen MR) is 76.0 cm³/mol. The van der Waals surface area contributed by atoms with Crippen molar-refractivity contribution in [1.82, 2.24) is 9.97 Å². The van der Waals surface area contributed by atoms with E-state index in [1.54, 1.807) is 24.4 Å². The Bertz CT molecular complexity index is 580. The van der Waals surface area contributed by atoms with Crippen LogP contribution in [0.3, 0.4) is 0 Å². The van der Waals surface area contributed by atoms with Gasteiger partial charge in [-0.25, -0.2) is 4.98 Å². The van der Waals surface area contributed by atoms with Gasteiger partial charge in [-0.3, -0.25) is 0 Å². The van der Waals surface area contributed by atoms with Crippen molar-refractivity contribution < 1.29 is 4.74 Å². The molecule has 94 valence electrons. The number of nitrogens with one attached hydrogen (secondary N) is 1. The Morgan fingerprint density at radius 1 is 1.33 bits per heavy atom. The normalized spacial score (nSPS) is 10.2. The van der Waals surface area contributed by atoms with E-state index in [2.05, 4.69) is 31.2 Å². The molecule has 7 heteroatoms. The van der Waals surface area contributed by atoms with Gasteiger partial charge in [0.1, 0.15) is 0 Å². The van der Waals surface area contributed by atoms with Gasteiger partial charge < -0.3 is 10.1 Å². The van der Waals surface area contributed by atoms with Crippen LogP contribution in [0.15, 0.2) is 28.9 Å². The fraction of sp³-hybridized carbons (Fsp3) is 0.0909. The molecule has 0 unspecified atom stereocenters. The molecule has 18 heavy (non-hydrogen) atoms. The minimum atomic E-state index is 0.374. The van der Waals surface area contributed by atoms with Crippen LogP contribution in [0.25, 0.3) is 0 Å². The lowest BCUT2D eigenvalue weighted by atomic mass is 10.3. The van der Waals surface area contributed by atoms with Crippen LogP contribution in [-0.2, 0) is 0 Å². The molecule has 0 aliphatic carbocycles. The summed E-state index contributed by atoms with van der Waals surface area (Å²) >= 11 is 15.3. The van der Waals surface area contributed by atoms with E-state index < -0.39 is 0 Å². The predicted octanol–water partition coefficient (Wildman–Crippen LogP) is 4.30. The van der Waals surface area contributed by atoms with Crippen LogP contribution in [0.4, 0.5) is 11.6 Å². The smallest absolute Gasteiger partial charge is 0.232 e. The molecule has 1 N–H and O–H groups in total. The Balaban J connectivity index is 2.31. The molecule has 0 radical (unpaired) electrons. The third-order valence-corrected chi connectivity index (χ3v) is 3.47. The number of aromatic nitrogens is 2. The summed E-state index contributed by atoms with van der Waals surface area (Å²) in [5, 5.41) is 3.86. The summed E-state index contributed by atoms with van der Waals surface area (Å²) in [5.41, 5.74) is 0.633. The minimum Gasteiger partial charge on any atom is -0.480 e. The highest BCUT2D eigenvalue weighted by molar-refractivity contribution is 9.10. The summed E-state index contributed by atoms with van der Waals surface area (Å²) in [6.07, 6.45) is 1.59. The van der Waals surface area contributed by atoms with Crippen molar-refractivity contribution in [3.8, 4) is 5.88 Å². The first-order valence-electron chi connectivity index (χ1n) is 4.89. The second-order valence-corrected chi connectivity index (χ2v) is 4.92. The van der Waals surface area contributed by atoms with E-state index >= 15 is 0 Å². The Morgan fingerprint density at radius 2 is 2.11 bits per heavy atom. The number of halogens is 3. The summed E-state index contributed by atoms with van der Waals surface area (Å²) in [7, 11) is 1.53. The van der Waals surface area contributed by atoms with Crippen molar-refractivity contribution in [2.45, 2.75) is 0 Å². The molecule has 1 aromatic heterocycles. The number of nitrogens with zero attached hydrogens (tertiary/aromatic N) is 2. The lowest BCUT2D eigenvalue weighted by Gasteiger charge is -2.09. The van der Waals surface area contributed by atoms with Crippen LogP contribution in [0.2, 0.25) is 10.0 Å². The first-order valence-corrected chi connectivity index (χ1v) is 6.44. The first-order chi connectivity index (χ1) is 8.61. The molecular weight excluding hydrogens is 341 g/mol. The quantitative estimate of drug-likeness (QED) is 0.898. The molecule has 0 atom stereocenters. The summed E-state index contributed by atoms with van der Waals surface area (Å²) in [5.74, 6) is 0.810. The third-order valence-electron chi connectivity index (χ3n) is 2.10. The van der Waals surface area contributed by atoms with Crippen LogP contribution in [-0.4, -0.2) is 17.1 Å². The average Bonchev–Trinajstić information content (AvgIpc) is 2.37. The number of anilines is 2. The van der Waals surface area contributed by atoms with Gasteiger partial charge in [-0.15, -0.1) is 0 Å². The Morgan fingerprint density at radius 3 is 2.83 bits per heavy atom. The standard InChI is InChI=1S/C11H8BrCl2N3O/c1-18-10-6(12)5-15-11(17-10)16-8-4-2-3-7(13)9(8)14/h2-5H,1H3,(H,15,16,17). The molecule has 0 spiro atoms. The fourth-order valence-electron chi connectivity index (χ4n) is 1.28. The van der Waals surface area contributed by atoms with E-state index in [-0.39, 0.29) is 0 Å². The minimum absolute atomic E-state index is 0.374. The molecule has 4 nitrogen and oxygen atoms in total. The van der Waals surface area contributed by atoms with Crippen molar-refractivity contribution >= 4 is 50.8 Å². The van der Waals surface area contributed by atoms with Gasteiger partial charge in [0.05, 0.1) is 33.5 Å². The molecule has 0 saturated heterocycles. The molecule has 0 aliphatic rings. The van der Waals surface area contributed by atoms with Crippen LogP contribution < -0.4 is 10.1 Å². The molecular formula is C11H8BrCl2N3O. The lowest BCUT2D eigenvalue weighted by molar-refractivity contribution is 0.394. The maximum absolute atomic E-state index is 6.06. The van der Waals surface area contributed by atoms with Crippen LogP contribution in [0.5, 0.6) is 5.88 Å². The van der Waals surface area contributed by atoms with Gasteiger partial charge in [0, 0.05) is 0 Å². The second-order valence-electron chi connectivity index (χ2n) is 3.28. The van der Waals surface area contributed by atoms with E-state index in [4.69, 9.17) is 27.9 Å². The van der Waals surface area contributed by atoms with E-state index in [0.29, 0.717) is 32.0 Å². The second kappa shape index (κ2) is 5.73. The largest absolute Gasteiger partial charge is 0.480 e. The third kappa shape index (κ3) is 2.85. The van der Waals surface area contributed by atoms with Gasteiger partial charge in [0.15, 0.2) is 0 Å².